The van der Waals surface area contributed by atoms with Gasteiger partial charge in [0.05, 0.1) is 16.8 Å². The number of likely N-dealkylation sites (tertiary alicyclic amines) is 1. The zero-order chi connectivity index (χ0) is 14.5. The number of hydrogen-bond donors (Lipinski definition) is 1. The third-order valence-electron chi connectivity index (χ3n) is 3.48. The minimum Gasteiger partial charge on any atom is -0.396 e. The molecule has 2 heterocycles. The molecule has 0 aliphatic carbocycles. The zero-order valence-corrected chi connectivity index (χ0v) is 12.9. The predicted molar refractivity (Wildman–Crippen MR) is 78.2 cm³/mol. The first-order valence-corrected chi connectivity index (χ1v) is 7.89. The molecule has 0 saturated carbocycles. The summed E-state index contributed by atoms with van der Waals surface area (Å²) in [5.74, 6) is 0.0990. The van der Waals surface area contributed by atoms with Crippen LogP contribution in [0, 0.1) is 13.8 Å². The van der Waals surface area contributed by atoms with Crippen LogP contribution in [0.25, 0.3) is 0 Å². The van der Waals surface area contributed by atoms with Gasteiger partial charge in [-0.15, -0.1) is 11.3 Å². The van der Waals surface area contributed by atoms with Gasteiger partial charge in [-0.2, -0.15) is 0 Å². The monoisotopic (exact) mass is 298 g/mol. The van der Waals surface area contributed by atoms with E-state index in [2.05, 4.69) is 4.98 Å². The van der Waals surface area contributed by atoms with Crippen LogP contribution in [-0.2, 0) is 4.74 Å². The summed E-state index contributed by atoms with van der Waals surface area (Å²) in [6.45, 7) is 6.05. The van der Waals surface area contributed by atoms with E-state index < -0.39 is 0 Å². The van der Waals surface area contributed by atoms with Gasteiger partial charge in [0.15, 0.2) is 0 Å². The molecule has 1 fully saturated rings. The number of nitrogens with zero attached hydrogens (tertiary/aromatic N) is 2. The Balaban J connectivity index is 1.84. The molecule has 0 atom stereocenters. The van der Waals surface area contributed by atoms with Gasteiger partial charge < -0.3 is 14.7 Å². The van der Waals surface area contributed by atoms with Crippen molar-refractivity contribution in [3.05, 3.63) is 15.6 Å². The molecule has 1 amide bonds. The van der Waals surface area contributed by atoms with Crippen molar-refractivity contribution in [1.29, 1.82) is 0 Å². The van der Waals surface area contributed by atoms with Crippen molar-refractivity contribution in [2.75, 3.05) is 26.3 Å². The molecular weight excluding hydrogens is 276 g/mol. The van der Waals surface area contributed by atoms with E-state index in [9.17, 15) is 4.79 Å². The number of rotatable bonds is 5. The normalized spacial score (nSPS) is 16.6. The Morgan fingerprint density at radius 1 is 1.45 bits per heavy atom. The summed E-state index contributed by atoms with van der Waals surface area (Å²) >= 11 is 1.47. The molecule has 20 heavy (non-hydrogen) atoms. The summed E-state index contributed by atoms with van der Waals surface area (Å²) in [6, 6.07) is 0. The Morgan fingerprint density at radius 3 is 2.70 bits per heavy atom. The topological polar surface area (TPSA) is 62.7 Å². The van der Waals surface area contributed by atoms with Crippen molar-refractivity contribution < 1.29 is 14.6 Å². The Kier molecular flexibility index (Phi) is 5.51. The highest BCUT2D eigenvalue weighted by Gasteiger charge is 2.26. The second-order valence-corrected chi connectivity index (χ2v) is 6.29. The molecule has 0 radical (unpaired) electrons. The Hall–Kier alpha value is -0.980. The second-order valence-electron chi connectivity index (χ2n) is 5.09. The lowest BCUT2D eigenvalue weighted by atomic mass is 10.1. The van der Waals surface area contributed by atoms with E-state index in [4.69, 9.17) is 9.84 Å². The molecule has 1 aromatic heterocycles. The summed E-state index contributed by atoms with van der Waals surface area (Å²) in [5.41, 5.74) is 0.832. The van der Waals surface area contributed by atoms with Crippen LogP contribution in [0.1, 0.15) is 39.6 Å². The fourth-order valence-corrected chi connectivity index (χ4v) is 3.30. The van der Waals surface area contributed by atoms with E-state index in [0.717, 1.165) is 41.5 Å². The van der Waals surface area contributed by atoms with Crippen LogP contribution in [0.3, 0.4) is 0 Å². The quantitative estimate of drug-likeness (QED) is 0.842. The molecule has 5 nitrogen and oxygen atoms in total. The second kappa shape index (κ2) is 7.15. The van der Waals surface area contributed by atoms with Crippen molar-refractivity contribution in [2.45, 2.75) is 39.2 Å². The molecule has 0 unspecified atom stereocenters. The SMILES string of the molecule is Cc1nc(C)c(C(=O)N2CCC(OCCCO)CC2)s1. The lowest BCUT2D eigenvalue weighted by molar-refractivity contribution is 0.00407. The minimum absolute atomic E-state index is 0.0990. The van der Waals surface area contributed by atoms with Gasteiger partial charge in [0.2, 0.25) is 0 Å². The van der Waals surface area contributed by atoms with Gasteiger partial charge in [-0.1, -0.05) is 0 Å². The number of aliphatic hydroxyl groups excluding tert-OH is 1. The first-order valence-electron chi connectivity index (χ1n) is 7.07. The van der Waals surface area contributed by atoms with Crippen molar-refractivity contribution in [2.24, 2.45) is 0 Å². The van der Waals surface area contributed by atoms with Gasteiger partial charge in [0.1, 0.15) is 4.88 Å². The Labute approximate surface area is 123 Å². The average molecular weight is 298 g/mol. The molecule has 1 saturated heterocycles. The number of carbonyl (C=O) groups excluding carboxylic acids is 1. The smallest absolute Gasteiger partial charge is 0.265 e. The molecule has 1 aromatic rings. The summed E-state index contributed by atoms with van der Waals surface area (Å²) in [5, 5.41) is 9.66. The highest BCUT2D eigenvalue weighted by molar-refractivity contribution is 7.13. The molecule has 0 aromatic carbocycles. The summed E-state index contributed by atoms with van der Waals surface area (Å²) in [6.07, 6.45) is 2.63. The van der Waals surface area contributed by atoms with Crippen molar-refractivity contribution >= 4 is 17.2 Å². The fraction of sp³-hybridized carbons (Fsp3) is 0.714. The number of carbonyl (C=O) groups is 1. The van der Waals surface area contributed by atoms with Crippen molar-refractivity contribution in [1.82, 2.24) is 9.88 Å². The minimum atomic E-state index is 0.0990. The molecule has 0 spiro atoms. The largest absolute Gasteiger partial charge is 0.396 e. The number of thiazole rings is 1. The standard InChI is InChI=1S/C14H22N2O3S/c1-10-13(20-11(2)15-10)14(18)16-6-4-12(5-7-16)19-9-3-8-17/h12,17H,3-9H2,1-2H3. The number of aryl methyl sites for hydroxylation is 2. The average Bonchev–Trinajstić information content (AvgIpc) is 2.78. The number of ether oxygens (including phenoxy) is 1. The van der Waals surface area contributed by atoms with Gasteiger partial charge in [-0.05, 0) is 33.1 Å². The van der Waals surface area contributed by atoms with E-state index in [-0.39, 0.29) is 18.6 Å². The highest BCUT2D eigenvalue weighted by atomic mass is 32.1. The Morgan fingerprint density at radius 2 is 2.15 bits per heavy atom. The maximum absolute atomic E-state index is 12.4. The molecule has 2 rings (SSSR count). The van der Waals surface area contributed by atoms with Crippen LogP contribution in [0.4, 0.5) is 0 Å². The van der Waals surface area contributed by atoms with Gasteiger partial charge in [-0.25, -0.2) is 4.98 Å². The number of amides is 1. The molecule has 1 aliphatic heterocycles. The molecular formula is C14H22N2O3S. The first-order chi connectivity index (χ1) is 9.61. The molecule has 1 aliphatic rings. The number of hydrogen-bond acceptors (Lipinski definition) is 5. The van der Waals surface area contributed by atoms with Crippen LogP contribution in [0.15, 0.2) is 0 Å². The van der Waals surface area contributed by atoms with Gasteiger partial charge in [-0.3, -0.25) is 4.79 Å². The van der Waals surface area contributed by atoms with Crippen LogP contribution < -0.4 is 0 Å². The van der Waals surface area contributed by atoms with Crippen molar-refractivity contribution in [3.8, 4) is 0 Å². The number of aliphatic hydroxyl groups is 1. The lowest BCUT2D eigenvalue weighted by Gasteiger charge is -2.31. The maximum atomic E-state index is 12.4. The van der Waals surface area contributed by atoms with Gasteiger partial charge in [0, 0.05) is 26.3 Å². The molecule has 6 heteroatoms. The van der Waals surface area contributed by atoms with Crippen LogP contribution in [0.2, 0.25) is 0 Å². The van der Waals surface area contributed by atoms with Crippen LogP contribution in [0.5, 0.6) is 0 Å². The fourth-order valence-electron chi connectivity index (χ4n) is 2.41. The van der Waals surface area contributed by atoms with E-state index >= 15 is 0 Å². The maximum Gasteiger partial charge on any atom is 0.265 e. The van der Waals surface area contributed by atoms with E-state index in [1.165, 1.54) is 11.3 Å². The third-order valence-corrected chi connectivity index (χ3v) is 4.54. The summed E-state index contributed by atoms with van der Waals surface area (Å²) < 4.78 is 5.68. The molecule has 1 N–H and O–H groups in total. The number of piperidine rings is 1. The molecule has 0 bridgehead atoms. The Bertz CT molecular complexity index is 453. The third kappa shape index (κ3) is 3.77. The number of aromatic nitrogens is 1. The summed E-state index contributed by atoms with van der Waals surface area (Å²) in [7, 11) is 0. The van der Waals surface area contributed by atoms with E-state index in [0.29, 0.717) is 13.0 Å². The summed E-state index contributed by atoms with van der Waals surface area (Å²) in [4.78, 5) is 19.4. The van der Waals surface area contributed by atoms with E-state index in [1.54, 1.807) is 0 Å². The van der Waals surface area contributed by atoms with Crippen LogP contribution >= 0.6 is 11.3 Å². The molecule has 112 valence electrons. The van der Waals surface area contributed by atoms with E-state index in [1.807, 2.05) is 18.7 Å². The zero-order valence-electron chi connectivity index (χ0n) is 12.1. The van der Waals surface area contributed by atoms with Gasteiger partial charge in [0.25, 0.3) is 5.91 Å². The van der Waals surface area contributed by atoms with Crippen molar-refractivity contribution in [3.63, 3.8) is 0 Å². The first kappa shape index (κ1) is 15.4. The van der Waals surface area contributed by atoms with Gasteiger partial charge >= 0.3 is 0 Å². The lowest BCUT2D eigenvalue weighted by Crippen LogP contribution is -2.41. The van der Waals surface area contributed by atoms with Crippen LogP contribution in [-0.4, -0.2) is 53.3 Å². The predicted octanol–water partition coefficient (Wildman–Crippen LogP) is 1.76. The highest BCUT2D eigenvalue weighted by Crippen LogP contribution is 2.22.